The maximum atomic E-state index is 2.34. The van der Waals surface area contributed by atoms with Crippen LogP contribution in [-0.2, 0) is 0 Å². The maximum Gasteiger partial charge on any atom is -0.0241 e. The summed E-state index contributed by atoms with van der Waals surface area (Å²) >= 11 is 0. The molecule has 16 heavy (non-hydrogen) atoms. The molecule has 1 aliphatic rings. The Morgan fingerprint density at radius 3 is 2.06 bits per heavy atom. The highest BCUT2D eigenvalue weighted by atomic mass is 14.2. The third-order valence-corrected chi connectivity index (χ3v) is 3.87. The summed E-state index contributed by atoms with van der Waals surface area (Å²) in [6, 6.07) is 0. The van der Waals surface area contributed by atoms with E-state index in [1.165, 1.54) is 77.0 Å². The van der Waals surface area contributed by atoms with Gasteiger partial charge in [0.25, 0.3) is 0 Å². The second kappa shape index (κ2) is 9.07. The fraction of sp³-hybridized carbons (Fsp3) is 0.938. The van der Waals surface area contributed by atoms with Crippen molar-refractivity contribution in [3.05, 3.63) is 5.92 Å². The average Bonchev–Trinajstić information content (AvgIpc) is 2.19. The summed E-state index contributed by atoms with van der Waals surface area (Å²) in [4.78, 5) is 0. The monoisotopic (exact) mass is 223 g/mol. The van der Waals surface area contributed by atoms with Crippen LogP contribution >= 0.6 is 0 Å². The summed E-state index contributed by atoms with van der Waals surface area (Å²) in [5.74, 6) is 2.79. The van der Waals surface area contributed by atoms with Crippen molar-refractivity contribution in [1.82, 2.24) is 0 Å². The fourth-order valence-electron chi connectivity index (χ4n) is 2.76. The fourth-order valence-corrected chi connectivity index (χ4v) is 2.76. The van der Waals surface area contributed by atoms with E-state index in [1.807, 2.05) is 5.92 Å². The summed E-state index contributed by atoms with van der Waals surface area (Å²) in [5.41, 5.74) is 0. The van der Waals surface area contributed by atoms with Gasteiger partial charge in [-0.15, -0.1) is 0 Å². The lowest BCUT2D eigenvalue weighted by Gasteiger charge is -2.18. The third kappa shape index (κ3) is 7.30. The van der Waals surface area contributed by atoms with E-state index < -0.39 is 0 Å². The molecule has 0 bridgehead atoms. The number of hydrogen-bond acceptors (Lipinski definition) is 0. The quantitative estimate of drug-likeness (QED) is 0.491. The molecule has 0 saturated heterocycles. The lowest BCUT2D eigenvalue weighted by Crippen LogP contribution is -2.01. The van der Waals surface area contributed by atoms with Crippen LogP contribution in [0.2, 0.25) is 0 Å². The molecule has 1 saturated carbocycles. The molecule has 95 valence electrons. The average molecular weight is 223 g/mol. The Hall–Kier alpha value is 0. The Labute approximate surface area is 103 Å². The van der Waals surface area contributed by atoms with Gasteiger partial charge in [-0.25, -0.2) is 0 Å². The third-order valence-electron chi connectivity index (χ3n) is 3.87. The van der Waals surface area contributed by atoms with E-state index in [9.17, 15) is 0 Å². The van der Waals surface area contributed by atoms with Crippen molar-refractivity contribution in [2.24, 2.45) is 5.92 Å². The number of hydrogen-bond donors (Lipinski definition) is 0. The van der Waals surface area contributed by atoms with E-state index in [1.54, 1.807) is 0 Å². The maximum absolute atomic E-state index is 2.34. The van der Waals surface area contributed by atoms with E-state index in [2.05, 4.69) is 13.8 Å². The Morgan fingerprint density at radius 2 is 1.44 bits per heavy atom. The summed E-state index contributed by atoms with van der Waals surface area (Å²) in [5, 5.41) is 0. The standard InChI is InChI=1S/C16H31/c1-15(2)11-7-6-10-14-16-12-8-4-3-5-9-13-16/h15H,3-14H2,1-2H3. The van der Waals surface area contributed by atoms with Gasteiger partial charge >= 0.3 is 0 Å². The highest BCUT2D eigenvalue weighted by Gasteiger charge is 2.11. The molecule has 0 spiro atoms. The van der Waals surface area contributed by atoms with Gasteiger partial charge in [0.2, 0.25) is 0 Å². The van der Waals surface area contributed by atoms with Crippen molar-refractivity contribution in [3.8, 4) is 0 Å². The molecule has 0 nitrogen and oxygen atoms in total. The van der Waals surface area contributed by atoms with Crippen LogP contribution in [0.4, 0.5) is 0 Å². The molecule has 1 rings (SSSR count). The first-order valence-corrected chi connectivity index (χ1v) is 7.62. The van der Waals surface area contributed by atoms with Gasteiger partial charge in [-0.2, -0.15) is 0 Å². The van der Waals surface area contributed by atoms with Crippen LogP contribution in [0, 0.1) is 11.8 Å². The second-order valence-electron chi connectivity index (χ2n) is 6.01. The van der Waals surface area contributed by atoms with Gasteiger partial charge in [0, 0.05) is 0 Å². The van der Waals surface area contributed by atoms with Crippen molar-refractivity contribution in [2.75, 3.05) is 0 Å². The molecule has 1 radical (unpaired) electrons. The molecule has 0 amide bonds. The van der Waals surface area contributed by atoms with Crippen molar-refractivity contribution in [3.63, 3.8) is 0 Å². The zero-order chi connectivity index (χ0) is 11.6. The van der Waals surface area contributed by atoms with E-state index >= 15 is 0 Å². The first-order chi connectivity index (χ1) is 7.79. The Balaban J connectivity index is 1.97. The largest absolute Gasteiger partial charge is 0.0628 e. The minimum absolute atomic E-state index is 0.897. The summed E-state index contributed by atoms with van der Waals surface area (Å²) in [7, 11) is 0. The number of rotatable bonds is 6. The van der Waals surface area contributed by atoms with Crippen molar-refractivity contribution in [1.29, 1.82) is 0 Å². The highest BCUT2D eigenvalue weighted by Crippen LogP contribution is 2.28. The molecule has 0 atom stereocenters. The zero-order valence-corrected chi connectivity index (χ0v) is 11.6. The van der Waals surface area contributed by atoms with Crippen LogP contribution in [-0.4, -0.2) is 0 Å². The predicted molar refractivity (Wildman–Crippen MR) is 73.5 cm³/mol. The zero-order valence-electron chi connectivity index (χ0n) is 11.6. The van der Waals surface area contributed by atoms with Gasteiger partial charge < -0.3 is 0 Å². The van der Waals surface area contributed by atoms with Crippen LogP contribution in [0.5, 0.6) is 0 Å². The molecule has 1 aliphatic carbocycles. The summed E-state index contributed by atoms with van der Waals surface area (Å²) in [6.45, 7) is 4.67. The molecule has 0 aromatic heterocycles. The topological polar surface area (TPSA) is 0 Å². The van der Waals surface area contributed by atoms with Gasteiger partial charge in [0.05, 0.1) is 0 Å². The second-order valence-corrected chi connectivity index (χ2v) is 6.01. The Morgan fingerprint density at radius 1 is 0.812 bits per heavy atom. The smallest absolute Gasteiger partial charge is 0.0241 e. The van der Waals surface area contributed by atoms with Crippen LogP contribution in [0.25, 0.3) is 0 Å². The van der Waals surface area contributed by atoms with Crippen molar-refractivity contribution < 1.29 is 0 Å². The van der Waals surface area contributed by atoms with Gasteiger partial charge in [-0.05, 0) is 31.1 Å². The molecule has 1 fully saturated rings. The van der Waals surface area contributed by atoms with Gasteiger partial charge in [0.15, 0.2) is 0 Å². The Kier molecular flexibility index (Phi) is 7.98. The lowest BCUT2D eigenvalue weighted by atomic mass is 9.87. The van der Waals surface area contributed by atoms with E-state index in [0.717, 1.165) is 5.92 Å². The van der Waals surface area contributed by atoms with E-state index in [0.29, 0.717) is 0 Å². The minimum atomic E-state index is 0.897. The molecular weight excluding hydrogens is 192 g/mol. The molecule has 0 aromatic rings. The lowest BCUT2D eigenvalue weighted by molar-refractivity contribution is 0.479. The Bertz CT molecular complexity index is 140. The molecule has 0 aliphatic heterocycles. The molecule has 0 N–H and O–H groups in total. The van der Waals surface area contributed by atoms with Crippen LogP contribution in [0.15, 0.2) is 0 Å². The molecule has 0 aromatic carbocycles. The first kappa shape index (κ1) is 14.1. The predicted octanol–water partition coefficient (Wildman–Crippen LogP) is 5.91. The van der Waals surface area contributed by atoms with Crippen molar-refractivity contribution >= 4 is 0 Å². The number of unbranched alkanes of at least 4 members (excludes halogenated alkanes) is 2. The van der Waals surface area contributed by atoms with E-state index in [-0.39, 0.29) is 0 Å². The summed E-state index contributed by atoms with van der Waals surface area (Å²) in [6.07, 6.45) is 17.5. The minimum Gasteiger partial charge on any atom is -0.0628 e. The first-order valence-electron chi connectivity index (χ1n) is 7.62. The highest BCUT2D eigenvalue weighted by molar-refractivity contribution is 4.90. The SMILES string of the molecule is CC(C)CCCCC[C]1CCCCCCC1. The van der Waals surface area contributed by atoms with Gasteiger partial charge in [0.1, 0.15) is 0 Å². The van der Waals surface area contributed by atoms with Crippen LogP contribution in [0.1, 0.15) is 90.9 Å². The van der Waals surface area contributed by atoms with Crippen molar-refractivity contribution in [2.45, 2.75) is 90.9 Å². The summed E-state index contributed by atoms with van der Waals surface area (Å²) < 4.78 is 0. The van der Waals surface area contributed by atoms with Crippen LogP contribution < -0.4 is 0 Å². The van der Waals surface area contributed by atoms with Gasteiger partial charge in [-0.1, -0.05) is 71.6 Å². The normalized spacial score (nSPS) is 19.7. The van der Waals surface area contributed by atoms with Gasteiger partial charge in [-0.3, -0.25) is 0 Å². The molecule has 0 heteroatoms. The van der Waals surface area contributed by atoms with E-state index in [4.69, 9.17) is 0 Å². The molecule has 0 unspecified atom stereocenters. The van der Waals surface area contributed by atoms with Crippen LogP contribution in [0.3, 0.4) is 0 Å². The molecule has 0 heterocycles. The molecular formula is C16H31.